The first kappa shape index (κ1) is 16.2. The second kappa shape index (κ2) is 6.30. The number of amides is 1. The van der Waals surface area contributed by atoms with Crippen molar-refractivity contribution >= 4 is 33.3 Å². The Bertz CT molecular complexity index is 706. The van der Waals surface area contributed by atoms with E-state index in [1.54, 1.807) is 6.07 Å². The summed E-state index contributed by atoms with van der Waals surface area (Å²) in [5.41, 5.74) is -0.629. The number of hydrogen-bond acceptors (Lipinski definition) is 4. The molecule has 0 atom stereocenters. The standard InChI is InChI=1S/C13H10BrF3N4O/c1-18-12(22)8-4-7(14)2-3-10(8)21-11-9(13(15,16)17)5-19-6-20-11/h2-6H,1H3,(H,18,22)(H,19,20,21). The quantitative estimate of drug-likeness (QED) is 0.864. The summed E-state index contributed by atoms with van der Waals surface area (Å²) in [6.07, 6.45) is -2.93. The van der Waals surface area contributed by atoms with Gasteiger partial charge < -0.3 is 10.6 Å². The summed E-state index contributed by atoms with van der Waals surface area (Å²) < 4.78 is 39.4. The van der Waals surface area contributed by atoms with Gasteiger partial charge in [0, 0.05) is 17.7 Å². The molecule has 5 nitrogen and oxygen atoms in total. The van der Waals surface area contributed by atoms with Gasteiger partial charge in [-0.05, 0) is 18.2 Å². The Balaban J connectivity index is 2.47. The van der Waals surface area contributed by atoms with Crippen molar-refractivity contribution in [2.45, 2.75) is 6.18 Å². The molecular weight excluding hydrogens is 365 g/mol. The van der Waals surface area contributed by atoms with Gasteiger partial charge >= 0.3 is 6.18 Å². The number of aromatic nitrogens is 2. The monoisotopic (exact) mass is 374 g/mol. The van der Waals surface area contributed by atoms with Crippen molar-refractivity contribution in [1.29, 1.82) is 0 Å². The minimum Gasteiger partial charge on any atom is -0.355 e. The predicted octanol–water partition coefficient (Wildman–Crippen LogP) is 3.36. The normalized spacial score (nSPS) is 11.1. The van der Waals surface area contributed by atoms with Crippen LogP contribution in [0.4, 0.5) is 24.7 Å². The van der Waals surface area contributed by atoms with Gasteiger partial charge in [-0.1, -0.05) is 15.9 Å². The summed E-state index contributed by atoms with van der Waals surface area (Å²) in [6.45, 7) is 0. The van der Waals surface area contributed by atoms with Gasteiger partial charge in [-0.3, -0.25) is 4.79 Å². The van der Waals surface area contributed by atoms with Crippen LogP contribution in [0.5, 0.6) is 0 Å². The van der Waals surface area contributed by atoms with Crippen molar-refractivity contribution < 1.29 is 18.0 Å². The van der Waals surface area contributed by atoms with Gasteiger partial charge in [0.15, 0.2) is 0 Å². The maximum Gasteiger partial charge on any atom is 0.421 e. The van der Waals surface area contributed by atoms with Crippen LogP contribution in [0, 0.1) is 0 Å². The van der Waals surface area contributed by atoms with Crippen molar-refractivity contribution in [2.75, 3.05) is 12.4 Å². The molecule has 0 aliphatic heterocycles. The molecule has 1 amide bonds. The Labute approximate surface area is 132 Å². The van der Waals surface area contributed by atoms with Gasteiger partial charge in [-0.25, -0.2) is 9.97 Å². The molecule has 2 aromatic rings. The number of carbonyl (C=O) groups is 1. The lowest BCUT2D eigenvalue weighted by Crippen LogP contribution is -2.19. The molecule has 1 aromatic carbocycles. The van der Waals surface area contributed by atoms with Crippen LogP contribution in [0.3, 0.4) is 0 Å². The van der Waals surface area contributed by atoms with E-state index in [0.717, 1.165) is 6.33 Å². The molecule has 0 aliphatic carbocycles. The molecule has 1 aromatic heterocycles. The summed E-state index contributed by atoms with van der Waals surface area (Å²) in [6, 6.07) is 4.58. The summed E-state index contributed by atoms with van der Waals surface area (Å²) >= 11 is 3.21. The zero-order chi connectivity index (χ0) is 16.3. The van der Waals surface area contributed by atoms with Gasteiger partial charge in [0.2, 0.25) is 0 Å². The summed E-state index contributed by atoms with van der Waals surface area (Å²) in [4.78, 5) is 18.8. The first-order valence-electron chi connectivity index (χ1n) is 5.98. The highest BCUT2D eigenvalue weighted by Crippen LogP contribution is 2.34. The number of rotatable bonds is 3. The first-order chi connectivity index (χ1) is 10.3. The van der Waals surface area contributed by atoms with Crippen molar-refractivity contribution in [3.8, 4) is 0 Å². The third-order valence-electron chi connectivity index (χ3n) is 2.72. The number of halogens is 4. The molecule has 116 valence electrons. The van der Waals surface area contributed by atoms with Crippen LogP contribution >= 0.6 is 15.9 Å². The number of nitrogens with one attached hydrogen (secondary N) is 2. The van der Waals surface area contributed by atoms with Crippen molar-refractivity contribution in [3.05, 3.63) is 46.3 Å². The molecule has 0 spiro atoms. The number of carbonyl (C=O) groups excluding carboxylic acids is 1. The first-order valence-corrected chi connectivity index (χ1v) is 6.78. The largest absolute Gasteiger partial charge is 0.421 e. The molecular formula is C13H10BrF3N4O. The lowest BCUT2D eigenvalue weighted by molar-refractivity contribution is -0.137. The number of alkyl halides is 3. The van der Waals surface area contributed by atoms with E-state index in [1.165, 1.54) is 19.2 Å². The SMILES string of the molecule is CNC(=O)c1cc(Br)ccc1Nc1ncncc1C(F)(F)F. The highest BCUT2D eigenvalue weighted by molar-refractivity contribution is 9.10. The van der Waals surface area contributed by atoms with E-state index >= 15 is 0 Å². The maximum atomic E-state index is 12.9. The van der Waals surface area contributed by atoms with Crippen LogP contribution in [0.15, 0.2) is 35.2 Å². The van der Waals surface area contributed by atoms with Crippen LogP contribution in [-0.4, -0.2) is 22.9 Å². The lowest BCUT2D eigenvalue weighted by atomic mass is 10.1. The zero-order valence-electron chi connectivity index (χ0n) is 11.2. The van der Waals surface area contributed by atoms with Gasteiger partial charge in [0.1, 0.15) is 17.7 Å². The fraction of sp³-hybridized carbons (Fsp3) is 0.154. The summed E-state index contributed by atoms with van der Waals surface area (Å²) in [5, 5.41) is 4.96. The number of nitrogens with zero attached hydrogens (tertiary/aromatic N) is 2. The summed E-state index contributed by atoms with van der Waals surface area (Å²) in [5.74, 6) is -0.860. The molecule has 0 bridgehead atoms. The Kier molecular flexibility index (Phi) is 4.65. The predicted molar refractivity (Wildman–Crippen MR) is 77.8 cm³/mol. The van der Waals surface area contributed by atoms with Crippen molar-refractivity contribution in [2.24, 2.45) is 0 Å². The topological polar surface area (TPSA) is 66.9 Å². The fourth-order valence-electron chi connectivity index (χ4n) is 1.71. The van der Waals surface area contributed by atoms with Crippen molar-refractivity contribution in [1.82, 2.24) is 15.3 Å². The fourth-order valence-corrected chi connectivity index (χ4v) is 2.07. The molecule has 2 rings (SSSR count). The molecule has 22 heavy (non-hydrogen) atoms. The third-order valence-corrected chi connectivity index (χ3v) is 3.22. The molecule has 0 fully saturated rings. The van der Waals surface area contributed by atoms with E-state index in [0.29, 0.717) is 10.7 Å². The maximum absolute atomic E-state index is 12.9. The van der Waals surface area contributed by atoms with Gasteiger partial charge in [0.05, 0.1) is 11.3 Å². The van der Waals surface area contributed by atoms with E-state index in [9.17, 15) is 18.0 Å². The van der Waals surface area contributed by atoms with E-state index in [-0.39, 0.29) is 11.3 Å². The van der Waals surface area contributed by atoms with Crippen LogP contribution in [0.2, 0.25) is 0 Å². The highest BCUT2D eigenvalue weighted by atomic mass is 79.9. The molecule has 0 saturated carbocycles. The molecule has 0 aliphatic rings. The Hall–Kier alpha value is -2.16. The van der Waals surface area contributed by atoms with Crippen LogP contribution in [0.25, 0.3) is 0 Å². The van der Waals surface area contributed by atoms with Crippen molar-refractivity contribution in [3.63, 3.8) is 0 Å². The van der Waals surface area contributed by atoms with Gasteiger partial charge in [-0.2, -0.15) is 13.2 Å². The number of anilines is 2. The Morgan fingerprint density at radius 3 is 2.68 bits per heavy atom. The lowest BCUT2D eigenvalue weighted by Gasteiger charge is -2.15. The van der Waals surface area contributed by atoms with E-state index in [4.69, 9.17) is 0 Å². The molecule has 0 saturated heterocycles. The second-order valence-electron chi connectivity index (χ2n) is 4.18. The molecule has 9 heteroatoms. The van der Waals surface area contributed by atoms with Gasteiger partial charge in [0.25, 0.3) is 5.91 Å². The van der Waals surface area contributed by atoms with Crippen LogP contribution < -0.4 is 10.6 Å². The average molecular weight is 375 g/mol. The van der Waals surface area contributed by atoms with Crippen LogP contribution in [0.1, 0.15) is 15.9 Å². The molecule has 0 unspecified atom stereocenters. The molecule has 1 heterocycles. The molecule has 2 N–H and O–H groups in total. The Morgan fingerprint density at radius 2 is 2.05 bits per heavy atom. The number of benzene rings is 1. The Morgan fingerprint density at radius 1 is 1.32 bits per heavy atom. The summed E-state index contributed by atoms with van der Waals surface area (Å²) in [7, 11) is 1.43. The molecule has 0 radical (unpaired) electrons. The van der Waals surface area contributed by atoms with Gasteiger partial charge in [-0.15, -0.1) is 0 Å². The smallest absolute Gasteiger partial charge is 0.355 e. The van der Waals surface area contributed by atoms with Crippen LogP contribution in [-0.2, 0) is 6.18 Å². The third kappa shape index (κ3) is 3.53. The second-order valence-corrected chi connectivity index (χ2v) is 5.09. The minimum atomic E-state index is -4.61. The van der Waals surface area contributed by atoms with E-state index in [2.05, 4.69) is 36.5 Å². The minimum absolute atomic E-state index is 0.184. The highest BCUT2D eigenvalue weighted by Gasteiger charge is 2.35. The van der Waals surface area contributed by atoms with E-state index < -0.39 is 23.5 Å². The number of hydrogen-bond donors (Lipinski definition) is 2. The average Bonchev–Trinajstić information content (AvgIpc) is 2.47. The zero-order valence-corrected chi connectivity index (χ0v) is 12.8. The van der Waals surface area contributed by atoms with E-state index in [1.807, 2.05) is 0 Å².